The first-order valence-electron chi connectivity index (χ1n) is 7.05. The number of halogens is 3. The van der Waals surface area contributed by atoms with Gasteiger partial charge >= 0.3 is 6.18 Å². The predicted octanol–water partition coefficient (Wildman–Crippen LogP) is 3.76. The molecule has 24 heavy (non-hydrogen) atoms. The van der Waals surface area contributed by atoms with E-state index in [0.29, 0.717) is 6.42 Å². The third-order valence-electron chi connectivity index (χ3n) is 3.66. The number of thiophene rings is 1. The van der Waals surface area contributed by atoms with Gasteiger partial charge in [0.2, 0.25) is 5.76 Å². The molecule has 1 aliphatic rings. The summed E-state index contributed by atoms with van der Waals surface area (Å²) in [5, 5.41) is 4.82. The van der Waals surface area contributed by atoms with Gasteiger partial charge in [0.05, 0.1) is 0 Å². The number of nitrogens with zero attached hydrogens (tertiary/aromatic N) is 2. The van der Waals surface area contributed by atoms with Crippen LogP contribution < -0.4 is 0 Å². The molecule has 0 N–H and O–H groups in total. The molecule has 3 rings (SSSR count). The second-order valence-corrected chi connectivity index (χ2v) is 8.24. The maximum Gasteiger partial charge on any atom is 0.452 e. The Morgan fingerprint density at radius 2 is 2.17 bits per heavy atom. The van der Waals surface area contributed by atoms with Gasteiger partial charge in [-0.25, -0.2) is 8.42 Å². The molecule has 0 saturated heterocycles. The van der Waals surface area contributed by atoms with Gasteiger partial charge in [-0.3, -0.25) is 0 Å². The van der Waals surface area contributed by atoms with Crippen LogP contribution in [-0.4, -0.2) is 30.5 Å². The highest BCUT2D eigenvalue weighted by molar-refractivity contribution is 7.91. The number of sulfonamides is 1. The van der Waals surface area contributed by atoms with Crippen molar-refractivity contribution in [1.29, 1.82) is 0 Å². The molecule has 0 bridgehead atoms. The minimum atomic E-state index is -4.63. The van der Waals surface area contributed by atoms with E-state index in [-0.39, 0.29) is 28.1 Å². The largest absolute Gasteiger partial charge is 0.452 e. The van der Waals surface area contributed by atoms with Gasteiger partial charge in [0.25, 0.3) is 10.0 Å². The van der Waals surface area contributed by atoms with Crippen LogP contribution in [0.2, 0.25) is 0 Å². The van der Waals surface area contributed by atoms with Crippen LogP contribution in [0.4, 0.5) is 13.2 Å². The number of alkyl halides is 3. The summed E-state index contributed by atoms with van der Waals surface area (Å²) in [5.74, 6) is -1.22. The van der Waals surface area contributed by atoms with Gasteiger partial charge in [-0.05, 0) is 12.5 Å². The highest BCUT2D eigenvalue weighted by Crippen LogP contribution is 2.35. The maximum absolute atomic E-state index is 12.7. The van der Waals surface area contributed by atoms with Gasteiger partial charge in [-0.1, -0.05) is 24.2 Å². The van der Waals surface area contributed by atoms with Crippen molar-refractivity contribution < 1.29 is 26.1 Å². The summed E-state index contributed by atoms with van der Waals surface area (Å²) in [5.41, 5.74) is 0.227. The highest BCUT2D eigenvalue weighted by Gasteiger charge is 2.37. The van der Waals surface area contributed by atoms with Gasteiger partial charge < -0.3 is 4.52 Å². The average Bonchev–Trinajstić information content (AvgIpc) is 3.24. The first-order chi connectivity index (χ1) is 11.2. The Kier molecular flexibility index (Phi) is 4.30. The van der Waals surface area contributed by atoms with Crippen LogP contribution in [0.3, 0.4) is 0 Å². The molecule has 0 spiro atoms. The quantitative estimate of drug-likeness (QED) is 0.760. The summed E-state index contributed by atoms with van der Waals surface area (Å²) in [7, 11) is -3.70. The van der Waals surface area contributed by atoms with E-state index >= 15 is 0 Å². The molecule has 1 aliphatic heterocycles. The number of rotatable bonds is 4. The zero-order valence-electron chi connectivity index (χ0n) is 12.4. The molecule has 3 heterocycles. The summed E-state index contributed by atoms with van der Waals surface area (Å²) in [4.78, 5) is 0. The number of hydrogen-bond acceptors (Lipinski definition) is 5. The first kappa shape index (κ1) is 17.2. The minimum Gasteiger partial charge on any atom is -0.351 e. The second kappa shape index (κ2) is 6.01. The number of aromatic nitrogens is 1. The Labute approximate surface area is 140 Å². The molecular formula is C14H13F3N2O3S2. The standard InChI is InChI=1S/C14H13F3N2O3S2/c1-2-10-4-3-5-19(10)24(20,21)13-6-9(8-23-13)11-7-12(22-18-11)14(15,16)17/h3-4,6-8,10H,2,5H2,1H3. The summed E-state index contributed by atoms with van der Waals surface area (Å²) in [6.45, 7) is 2.17. The molecule has 2 aromatic heterocycles. The van der Waals surface area contributed by atoms with Crippen LogP contribution in [0, 0.1) is 0 Å². The summed E-state index contributed by atoms with van der Waals surface area (Å²) >= 11 is 0.947. The molecule has 0 radical (unpaired) electrons. The zero-order valence-corrected chi connectivity index (χ0v) is 14.1. The monoisotopic (exact) mass is 378 g/mol. The van der Waals surface area contributed by atoms with Crippen molar-refractivity contribution in [3.63, 3.8) is 0 Å². The normalized spacial score (nSPS) is 19.2. The molecule has 0 aromatic carbocycles. The molecule has 0 amide bonds. The van der Waals surface area contributed by atoms with Gasteiger partial charge in [-0.2, -0.15) is 17.5 Å². The Morgan fingerprint density at radius 1 is 1.42 bits per heavy atom. The van der Waals surface area contributed by atoms with Crippen LogP contribution in [0.5, 0.6) is 0 Å². The molecule has 1 atom stereocenters. The fourth-order valence-corrected chi connectivity index (χ4v) is 5.33. The van der Waals surface area contributed by atoms with Gasteiger partial charge in [0.1, 0.15) is 9.90 Å². The van der Waals surface area contributed by atoms with E-state index in [4.69, 9.17) is 0 Å². The molecule has 130 valence electrons. The molecule has 5 nitrogen and oxygen atoms in total. The highest BCUT2D eigenvalue weighted by atomic mass is 32.2. The van der Waals surface area contributed by atoms with E-state index in [1.165, 1.54) is 15.8 Å². The smallest absolute Gasteiger partial charge is 0.351 e. The van der Waals surface area contributed by atoms with E-state index < -0.39 is 22.0 Å². The lowest BCUT2D eigenvalue weighted by molar-refractivity contribution is -0.155. The van der Waals surface area contributed by atoms with Crippen molar-refractivity contribution in [2.75, 3.05) is 6.54 Å². The SMILES string of the molecule is CCC1C=CCN1S(=O)(=O)c1cc(-c2cc(C(F)(F)F)on2)cs1. The van der Waals surface area contributed by atoms with Crippen molar-refractivity contribution in [3.05, 3.63) is 35.4 Å². The summed E-state index contributed by atoms with van der Waals surface area (Å²) in [6, 6.07) is 1.87. The fourth-order valence-electron chi connectivity index (χ4n) is 2.42. The Balaban J connectivity index is 1.89. The Morgan fingerprint density at radius 3 is 2.79 bits per heavy atom. The van der Waals surface area contributed by atoms with Crippen LogP contribution in [0.25, 0.3) is 11.3 Å². The molecule has 2 aromatic rings. The number of hydrogen-bond donors (Lipinski definition) is 0. The molecule has 0 fully saturated rings. The van der Waals surface area contributed by atoms with E-state index in [1.807, 2.05) is 13.0 Å². The van der Waals surface area contributed by atoms with E-state index in [0.717, 1.165) is 17.4 Å². The van der Waals surface area contributed by atoms with Crippen molar-refractivity contribution in [3.8, 4) is 11.3 Å². The molecule has 0 saturated carbocycles. The molecular weight excluding hydrogens is 365 g/mol. The zero-order chi connectivity index (χ0) is 17.5. The van der Waals surface area contributed by atoms with Crippen molar-refractivity contribution >= 4 is 21.4 Å². The van der Waals surface area contributed by atoms with Crippen molar-refractivity contribution in [1.82, 2.24) is 9.46 Å². The lowest BCUT2D eigenvalue weighted by Crippen LogP contribution is -2.35. The van der Waals surface area contributed by atoms with Crippen molar-refractivity contribution in [2.24, 2.45) is 0 Å². The lowest BCUT2D eigenvalue weighted by atomic mass is 10.2. The van der Waals surface area contributed by atoms with Crippen LogP contribution in [0.15, 0.2) is 38.4 Å². The topological polar surface area (TPSA) is 63.4 Å². The van der Waals surface area contributed by atoms with Gasteiger partial charge in [-0.15, -0.1) is 11.3 Å². The van der Waals surface area contributed by atoms with Gasteiger partial charge in [0, 0.05) is 29.6 Å². The third kappa shape index (κ3) is 3.01. The van der Waals surface area contributed by atoms with E-state index in [9.17, 15) is 21.6 Å². The van der Waals surface area contributed by atoms with Gasteiger partial charge in [0.15, 0.2) is 0 Å². The maximum atomic E-state index is 12.7. The fraction of sp³-hybridized carbons (Fsp3) is 0.357. The lowest BCUT2D eigenvalue weighted by Gasteiger charge is -2.21. The minimum absolute atomic E-state index is 0.0494. The van der Waals surface area contributed by atoms with Crippen molar-refractivity contribution in [2.45, 2.75) is 29.8 Å². The van der Waals surface area contributed by atoms with E-state index in [1.54, 1.807) is 6.08 Å². The summed E-state index contributed by atoms with van der Waals surface area (Å²) in [6.07, 6.45) is -0.370. The summed E-state index contributed by atoms with van der Waals surface area (Å²) < 4.78 is 68.7. The van der Waals surface area contributed by atoms with E-state index in [2.05, 4.69) is 9.68 Å². The molecule has 1 unspecified atom stereocenters. The predicted molar refractivity (Wildman–Crippen MR) is 81.9 cm³/mol. The third-order valence-corrected chi connectivity index (χ3v) is 6.96. The molecule has 0 aliphatic carbocycles. The van der Waals surface area contributed by atoms with Crippen LogP contribution in [0.1, 0.15) is 19.1 Å². The van der Waals surface area contributed by atoms with Crippen LogP contribution >= 0.6 is 11.3 Å². The van der Waals surface area contributed by atoms with Crippen LogP contribution in [-0.2, 0) is 16.2 Å². The Hall–Kier alpha value is -1.65. The second-order valence-electron chi connectivity index (χ2n) is 5.21. The Bertz CT molecular complexity index is 868. The average molecular weight is 378 g/mol. The molecule has 10 heteroatoms. The first-order valence-corrected chi connectivity index (χ1v) is 9.36.